The van der Waals surface area contributed by atoms with Gasteiger partial charge in [-0.25, -0.2) is 0 Å². The largest absolute Gasteiger partial charge is 0.396 e. The van der Waals surface area contributed by atoms with Crippen LogP contribution >= 0.6 is 23.2 Å². The van der Waals surface area contributed by atoms with Crippen LogP contribution in [0.3, 0.4) is 0 Å². The molecule has 0 saturated carbocycles. The fourth-order valence-corrected chi connectivity index (χ4v) is 2.47. The van der Waals surface area contributed by atoms with Crippen molar-refractivity contribution in [2.45, 2.75) is 26.2 Å². The summed E-state index contributed by atoms with van der Waals surface area (Å²) >= 11 is 11.9. The second kappa shape index (κ2) is 10.0. The minimum absolute atomic E-state index is 0.100. The van der Waals surface area contributed by atoms with Crippen molar-refractivity contribution in [1.29, 1.82) is 0 Å². The lowest BCUT2D eigenvalue weighted by molar-refractivity contribution is -0.117. The van der Waals surface area contributed by atoms with Crippen LogP contribution in [0.25, 0.3) is 0 Å². The maximum Gasteiger partial charge on any atom is 0.238 e. The summed E-state index contributed by atoms with van der Waals surface area (Å²) in [6.45, 7) is 4.24. The first-order valence-electron chi connectivity index (χ1n) is 7.15. The number of aliphatic hydroxyl groups excluding tert-OH is 1. The molecule has 0 unspecified atom stereocenters. The van der Waals surface area contributed by atoms with E-state index in [1.54, 1.807) is 18.2 Å². The van der Waals surface area contributed by atoms with Crippen LogP contribution in [0.4, 0.5) is 5.69 Å². The molecular weight excluding hydrogens is 311 g/mol. The number of rotatable bonds is 9. The number of amides is 1. The van der Waals surface area contributed by atoms with Crippen molar-refractivity contribution in [3.8, 4) is 0 Å². The fraction of sp³-hybridized carbons (Fsp3) is 0.533. The van der Waals surface area contributed by atoms with E-state index in [0.29, 0.717) is 22.3 Å². The molecule has 2 N–H and O–H groups in total. The monoisotopic (exact) mass is 332 g/mol. The predicted molar refractivity (Wildman–Crippen MR) is 88.1 cm³/mol. The Morgan fingerprint density at radius 1 is 1.29 bits per heavy atom. The van der Waals surface area contributed by atoms with Crippen LogP contribution < -0.4 is 5.32 Å². The molecule has 1 aromatic carbocycles. The molecule has 0 aliphatic rings. The average molecular weight is 333 g/mol. The zero-order chi connectivity index (χ0) is 15.7. The molecule has 0 radical (unpaired) electrons. The summed E-state index contributed by atoms with van der Waals surface area (Å²) in [5, 5.41) is 12.6. The summed E-state index contributed by atoms with van der Waals surface area (Å²) in [5.41, 5.74) is 0.567. The van der Waals surface area contributed by atoms with Crippen LogP contribution in [0.15, 0.2) is 18.2 Å². The van der Waals surface area contributed by atoms with Crippen LogP contribution in [0.1, 0.15) is 26.2 Å². The molecule has 0 saturated heterocycles. The van der Waals surface area contributed by atoms with Crippen molar-refractivity contribution in [2.75, 3.05) is 31.6 Å². The Morgan fingerprint density at radius 3 is 2.67 bits per heavy atom. The lowest BCUT2D eigenvalue weighted by Crippen LogP contribution is -2.34. The number of carbonyl (C=O) groups excluding carboxylic acids is 1. The number of nitrogens with one attached hydrogen (secondary N) is 1. The summed E-state index contributed by atoms with van der Waals surface area (Å²) < 4.78 is 0. The summed E-state index contributed by atoms with van der Waals surface area (Å²) in [6, 6.07) is 4.98. The van der Waals surface area contributed by atoms with Crippen LogP contribution in [-0.2, 0) is 4.79 Å². The molecule has 0 fully saturated rings. The molecule has 4 nitrogen and oxygen atoms in total. The number of carbonyl (C=O) groups is 1. The highest BCUT2D eigenvalue weighted by molar-refractivity contribution is 6.36. The van der Waals surface area contributed by atoms with Gasteiger partial charge in [0.15, 0.2) is 0 Å². The van der Waals surface area contributed by atoms with Gasteiger partial charge in [0.05, 0.1) is 17.3 Å². The van der Waals surface area contributed by atoms with Crippen molar-refractivity contribution in [3.63, 3.8) is 0 Å². The van der Waals surface area contributed by atoms with Gasteiger partial charge in [-0.1, -0.05) is 30.1 Å². The summed E-state index contributed by atoms with van der Waals surface area (Å²) in [7, 11) is 0. The van der Waals surface area contributed by atoms with Gasteiger partial charge in [0, 0.05) is 11.6 Å². The summed E-state index contributed by atoms with van der Waals surface area (Å²) in [6.07, 6.45) is 2.62. The Bertz CT molecular complexity index is 455. The van der Waals surface area contributed by atoms with Crippen LogP contribution in [0.5, 0.6) is 0 Å². The number of benzene rings is 1. The van der Waals surface area contributed by atoms with E-state index in [9.17, 15) is 4.79 Å². The lowest BCUT2D eigenvalue weighted by Gasteiger charge is -2.21. The first kappa shape index (κ1) is 18.2. The molecule has 0 atom stereocenters. The Morgan fingerprint density at radius 2 is 2.05 bits per heavy atom. The first-order valence-corrected chi connectivity index (χ1v) is 7.90. The van der Waals surface area contributed by atoms with Crippen molar-refractivity contribution < 1.29 is 9.90 Å². The maximum absolute atomic E-state index is 12.1. The van der Waals surface area contributed by atoms with Gasteiger partial charge in [0.25, 0.3) is 0 Å². The number of halogens is 2. The van der Waals surface area contributed by atoms with E-state index in [1.165, 1.54) is 0 Å². The molecule has 1 amide bonds. The quantitative estimate of drug-likeness (QED) is 0.681. The molecule has 21 heavy (non-hydrogen) atoms. The average Bonchev–Trinajstić information content (AvgIpc) is 2.42. The molecule has 0 aliphatic carbocycles. The smallest absolute Gasteiger partial charge is 0.238 e. The van der Waals surface area contributed by atoms with E-state index in [4.69, 9.17) is 28.3 Å². The normalized spacial score (nSPS) is 10.9. The SMILES string of the molecule is CCCN(CCCCO)CC(=O)Nc1ccc(Cl)cc1Cl. The van der Waals surface area contributed by atoms with Crippen molar-refractivity contribution in [2.24, 2.45) is 0 Å². The van der Waals surface area contributed by atoms with Gasteiger partial charge in [-0.2, -0.15) is 0 Å². The van der Waals surface area contributed by atoms with Crippen LogP contribution in [-0.4, -0.2) is 42.2 Å². The van der Waals surface area contributed by atoms with E-state index in [-0.39, 0.29) is 12.5 Å². The Labute approximate surface area is 136 Å². The van der Waals surface area contributed by atoms with Gasteiger partial charge < -0.3 is 10.4 Å². The molecule has 6 heteroatoms. The van der Waals surface area contributed by atoms with Gasteiger partial charge in [0.2, 0.25) is 5.91 Å². The highest BCUT2D eigenvalue weighted by Gasteiger charge is 2.11. The zero-order valence-corrected chi connectivity index (χ0v) is 13.8. The third-order valence-electron chi connectivity index (χ3n) is 2.99. The lowest BCUT2D eigenvalue weighted by atomic mass is 10.2. The van der Waals surface area contributed by atoms with Crippen LogP contribution in [0.2, 0.25) is 10.0 Å². The minimum Gasteiger partial charge on any atom is -0.396 e. The number of hydrogen-bond acceptors (Lipinski definition) is 3. The fourth-order valence-electron chi connectivity index (χ4n) is 2.02. The number of unbranched alkanes of at least 4 members (excludes halogenated alkanes) is 1. The van der Waals surface area contributed by atoms with Gasteiger partial charge in [0.1, 0.15) is 0 Å². The van der Waals surface area contributed by atoms with Crippen molar-refractivity contribution in [1.82, 2.24) is 4.90 Å². The summed E-state index contributed by atoms with van der Waals surface area (Å²) in [4.78, 5) is 14.2. The topological polar surface area (TPSA) is 52.6 Å². The van der Waals surface area contributed by atoms with E-state index < -0.39 is 0 Å². The molecular formula is C15H22Cl2N2O2. The Balaban J connectivity index is 2.52. The molecule has 118 valence electrons. The van der Waals surface area contributed by atoms with Crippen molar-refractivity contribution in [3.05, 3.63) is 28.2 Å². The number of nitrogens with zero attached hydrogens (tertiary/aromatic N) is 1. The molecule has 0 aliphatic heterocycles. The molecule has 0 aromatic heterocycles. The Hall–Kier alpha value is -0.810. The van der Waals surface area contributed by atoms with Gasteiger partial charge >= 0.3 is 0 Å². The predicted octanol–water partition coefficient (Wildman–Crippen LogP) is 3.42. The molecule has 0 bridgehead atoms. The highest BCUT2D eigenvalue weighted by Crippen LogP contribution is 2.25. The van der Waals surface area contributed by atoms with E-state index in [0.717, 1.165) is 32.4 Å². The summed E-state index contributed by atoms with van der Waals surface area (Å²) in [5.74, 6) is -0.100. The van der Waals surface area contributed by atoms with Gasteiger partial charge in [-0.05, 0) is 50.6 Å². The van der Waals surface area contributed by atoms with Crippen LogP contribution in [0, 0.1) is 0 Å². The molecule has 0 spiro atoms. The van der Waals surface area contributed by atoms with E-state index in [2.05, 4.69) is 17.1 Å². The molecule has 1 rings (SSSR count). The Kier molecular flexibility index (Phi) is 8.69. The number of aliphatic hydroxyl groups is 1. The number of anilines is 1. The van der Waals surface area contributed by atoms with E-state index >= 15 is 0 Å². The maximum atomic E-state index is 12.1. The second-order valence-corrected chi connectivity index (χ2v) is 5.72. The zero-order valence-electron chi connectivity index (χ0n) is 12.2. The highest BCUT2D eigenvalue weighted by atomic mass is 35.5. The second-order valence-electron chi connectivity index (χ2n) is 4.88. The third-order valence-corrected chi connectivity index (χ3v) is 3.54. The van der Waals surface area contributed by atoms with E-state index in [1.807, 2.05) is 0 Å². The van der Waals surface area contributed by atoms with Crippen molar-refractivity contribution >= 4 is 34.8 Å². The molecule has 0 heterocycles. The van der Waals surface area contributed by atoms with Gasteiger partial charge in [-0.15, -0.1) is 0 Å². The standard InChI is InChI=1S/C15H22Cl2N2O2/c1-2-7-19(8-3-4-9-20)11-15(21)18-14-6-5-12(16)10-13(14)17/h5-6,10,20H,2-4,7-9,11H2,1H3,(H,18,21). The number of hydrogen-bond donors (Lipinski definition) is 2. The first-order chi connectivity index (χ1) is 10.1. The molecule has 1 aromatic rings. The van der Waals surface area contributed by atoms with Gasteiger partial charge in [-0.3, -0.25) is 9.69 Å². The third kappa shape index (κ3) is 7.14. The minimum atomic E-state index is -0.100.